The van der Waals surface area contributed by atoms with Crippen LogP contribution in [0, 0.1) is 0 Å². The largest absolute Gasteiger partial charge is 0.491 e. The molecule has 0 saturated carbocycles. The zero-order chi connectivity index (χ0) is 17.8. The predicted octanol–water partition coefficient (Wildman–Crippen LogP) is 1.24. The molecule has 25 heavy (non-hydrogen) atoms. The average Bonchev–Trinajstić information content (AvgIpc) is 2.92. The highest BCUT2D eigenvalue weighted by Gasteiger charge is 2.40. The highest BCUT2D eigenvalue weighted by molar-refractivity contribution is 9.09. The van der Waals surface area contributed by atoms with Gasteiger partial charge in [-0.05, 0) is 18.6 Å². The average molecular weight is 411 g/mol. The number of hydrogen-bond acceptors (Lipinski definition) is 5. The summed E-state index contributed by atoms with van der Waals surface area (Å²) in [5, 5.41) is 3.07. The second-order valence-corrected chi connectivity index (χ2v) is 6.63. The lowest BCUT2D eigenvalue weighted by Gasteiger charge is -2.29. The van der Waals surface area contributed by atoms with E-state index in [2.05, 4.69) is 21.2 Å². The molecule has 0 spiro atoms. The molecule has 8 heteroatoms. The minimum Gasteiger partial charge on any atom is -0.491 e. The number of nitrogens with one attached hydrogen (secondary N) is 1. The molecule has 1 aromatic carbocycles. The van der Waals surface area contributed by atoms with Crippen molar-refractivity contribution in [3.63, 3.8) is 0 Å². The van der Waals surface area contributed by atoms with Crippen LogP contribution in [0.1, 0.15) is 28.8 Å². The van der Waals surface area contributed by atoms with Gasteiger partial charge < -0.3 is 14.4 Å². The van der Waals surface area contributed by atoms with Crippen LogP contribution in [0.4, 0.5) is 0 Å². The fraction of sp³-hybridized carbons (Fsp3) is 0.471. The van der Waals surface area contributed by atoms with Crippen molar-refractivity contribution >= 4 is 33.7 Å². The number of fused-ring (bicyclic) bond motifs is 1. The Bertz CT molecular complexity index is 694. The summed E-state index contributed by atoms with van der Waals surface area (Å²) in [4.78, 5) is 37.6. The maximum atomic E-state index is 12.7. The molecule has 0 aliphatic carbocycles. The van der Waals surface area contributed by atoms with Gasteiger partial charge in [0.15, 0.2) is 0 Å². The van der Waals surface area contributed by atoms with Gasteiger partial charge in [-0.25, -0.2) is 0 Å². The molecule has 1 unspecified atom stereocenters. The summed E-state index contributed by atoms with van der Waals surface area (Å²) in [5.41, 5.74) is 1.32. The molecular weight excluding hydrogens is 392 g/mol. The van der Waals surface area contributed by atoms with E-state index in [0.717, 1.165) is 10.9 Å². The molecule has 134 valence electrons. The first-order valence-corrected chi connectivity index (χ1v) is 9.27. The molecule has 1 N–H and O–H groups in total. The van der Waals surface area contributed by atoms with Crippen molar-refractivity contribution in [2.24, 2.45) is 0 Å². The number of amides is 3. The van der Waals surface area contributed by atoms with Crippen molar-refractivity contribution in [1.82, 2.24) is 10.2 Å². The number of imide groups is 1. The van der Waals surface area contributed by atoms with Crippen molar-refractivity contribution in [1.29, 1.82) is 0 Å². The topological polar surface area (TPSA) is 84.9 Å². The smallest absolute Gasteiger partial charge is 0.255 e. The van der Waals surface area contributed by atoms with Gasteiger partial charge in [0.25, 0.3) is 5.91 Å². The second-order valence-electron chi connectivity index (χ2n) is 5.83. The Balaban J connectivity index is 1.69. The van der Waals surface area contributed by atoms with Gasteiger partial charge in [0.05, 0.1) is 19.8 Å². The first-order chi connectivity index (χ1) is 12.1. The lowest BCUT2D eigenvalue weighted by atomic mass is 10.0. The zero-order valence-electron chi connectivity index (χ0n) is 13.6. The summed E-state index contributed by atoms with van der Waals surface area (Å²) < 4.78 is 11.1. The monoisotopic (exact) mass is 410 g/mol. The van der Waals surface area contributed by atoms with E-state index in [4.69, 9.17) is 9.47 Å². The third-order valence-corrected chi connectivity index (χ3v) is 4.57. The van der Waals surface area contributed by atoms with E-state index in [1.165, 1.54) is 4.90 Å². The van der Waals surface area contributed by atoms with Crippen LogP contribution in [0.25, 0.3) is 0 Å². The van der Waals surface area contributed by atoms with Crippen LogP contribution in [0.15, 0.2) is 18.2 Å². The number of ether oxygens (including phenoxy) is 2. The Labute approximate surface area is 153 Å². The van der Waals surface area contributed by atoms with E-state index in [0.29, 0.717) is 44.1 Å². The summed E-state index contributed by atoms with van der Waals surface area (Å²) in [6.07, 6.45) is 0.589. The molecule has 1 aromatic rings. The van der Waals surface area contributed by atoms with Gasteiger partial charge in [-0.1, -0.05) is 22.0 Å². The number of nitrogens with zero attached hydrogens (tertiary/aromatic N) is 1. The van der Waals surface area contributed by atoms with E-state index < -0.39 is 11.9 Å². The normalized spacial score (nSPS) is 19.8. The minimum atomic E-state index is -0.618. The summed E-state index contributed by atoms with van der Waals surface area (Å²) in [6.45, 7) is 1.76. The molecule has 7 nitrogen and oxygen atoms in total. The first-order valence-electron chi connectivity index (χ1n) is 8.15. The molecule has 0 aromatic heterocycles. The van der Waals surface area contributed by atoms with Crippen molar-refractivity contribution in [2.75, 3.05) is 25.2 Å². The number of hydrogen-bond donors (Lipinski definition) is 1. The Morgan fingerprint density at radius 2 is 2.04 bits per heavy atom. The Kier molecular flexibility index (Phi) is 5.70. The van der Waals surface area contributed by atoms with Crippen LogP contribution in [-0.2, 0) is 20.9 Å². The van der Waals surface area contributed by atoms with Crippen LogP contribution in [0.2, 0.25) is 0 Å². The molecule has 2 aliphatic heterocycles. The van der Waals surface area contributed by atoms with E-state index in [-0.39, 0.29) is 18.2 Å². The van der Waals surface area contributed by atoms with Gasteiger partial charge in [0.2, 0.25) is 11.8 Å². The number of benzene rings is 1. The van der Waals surface area contributed by atoms with E-state index >= 15 is 0 Å². The van der Waals surface area contributed by atoms with Gasteiger partial charge in [0, 0.05) is 22.9 Å². The standard InChI is InChI=1S/C17H19BrN2O5/c18-6-7-24-8-9-25-14-3-1-2-11-12(14)10-20(17(11)23)13-4-5-15(21)19-16(13)22/h1-3,13H,4-10H2,(H,19,21,22). The number of carbonyl (C=O) groups is 3. The fourth-order valence-corrected chi connectivity index (χ4v) is 3.29. The van der Waals surface area contributed by atoms with Crippen molar-refractivity contribution in [3.8, 4) is 5.75 Å². The summed E-state index contributed by atoms with van der Waals surface area (Å²) in [6, 6.07) is 4.69. The third kappa shape index (κ3) is 3.85. The van der Waals surface area contributed by atoms with Gasteiger partial charge >= 0.3 is 0 Å². The van der Waals surface area contributed by atoms with E-state index in [1.807, 2.05) is 6.07 Å². The lowest BCUT2D eigenvalue weighted by molar-refractivity contribution is -0.136. The number of alkyl halides is 1. The molecule has 0 bridgehead atoms. The summed E-state index contributed by atoms with van der Waals surface area (Å²) in [7, 11) is 0. The highest BCUT2D eigenvalue weighted by atomic mass is 79.9. The van der Waals surface area contributed by atoms with E-state index in [9.17, 15) is 14.4 Å². The maximum Gasteiger partial charge on any atom is 0.255 e. The zero-order valence-corrected chi connectivity index (χ0v) is 15.2. The van der Waals surface area contributed by atoms with Crippen molar-refractivity contribution in [2.45, 2.75) is 25.4 Å². The molecule has 2 heterocycles. The number of carbonyl (C=O) groups excluding carboxylic acids is 3. The molecule has 1 saturated heterocycles. The minimum absolute atomic E-state index is 0.203. The first kappa shape index (κ1) is 17.9. The molecule has 2 aliphatic rings. The van der Waals surface area contributed by atoms with Crippen molar-refractivity contribution in [3.05, 3.63) is 29.3 Å². The van der Waals surface area contributed by atoms with Gasteiger partial charge in [-0.2, -0.15) is 0 Å². The molecular formula is C17H19BrN2O5. The van der Waals surface area contributed by atoms with Gasteiger partial charge in [0.1, 0.15) is 18.4 Å². The lowest BCUT2D eigenvalue weighted by Crippen LogP contribution is -2.52. The molecule has 1 fully saturated rings. The Hall–Kier alpha value is -1.93. The molecule has 0 radical (unpaired) electrons. The quantitative estimate of drug-likeness (QED) is 0.415. The van der Waals surface area contributed by atoms with Crippen LogP contribution >= 0.6 is 15.9 Å². The third-order valence-electron chi connectivity index (χ3n) is 4.25. The van der Waals surface area contributed by atoms with Crippen LogP contribution in [0.5, 0.6) is 5.75 Å². The Morgan fingerprint density at radius 3 is 2.80 bits per heavy atom. The SMILES string of the molecule is O=C1CCC(N2Cc3c(OCCOCCBr)cccc3C2=O)C(=O)N1. The second kappa shape index (κ2) is 7.97. The number of rotatable bonds is 7. The Morgan fingerprint density at radius 1 is 1.20 bits per heavy atom. The number of halogens is 1. The van der Waals surface area contributed by atoms with Gasteiger partial charge in [-0.3, -0.25) is 19.7 Å². The number of piperidine rings is 1. The van der Waals surface area contributed by atoms with Crippen LogP contribution < -0.4 is 10.1 Å². The summed E-state index contributed by atoms with van der Waals surface area (Å²) in [5.74, 6) is -0.283. The maximum absolute atomic E-state index is 12.7. The van der Waals surface area contributed by atoms with Crippen molar-refractivity contribution < 1.29 is 23.9 Å². The highest BCUT2D eigenvalue weighted by Crippen LogP contribution is 2.33. The van der Waals surface area contributed by atoms with Gasteiger partial charge in [-0.15, -0.1) is 0 Å². The molecule has 3 amide bonds. The fourth-order valence-electron chi connectivity index (χ4n) is 3.06. The van der Waals surface area contributed by atoms with Crippen LogP contribution in [0.3, 0.4) is 0 Å². The molecule has 3 rings (SSSR count). The predicted molar refractivity (Wildman–Crippen MR) is 92.6 cm³/mol. The molecule has 1 atom stereocenters. The van der Waals surface area contributed by atoms with E-state index in [1.54, 1.807) is 12.1 Å². The van der Waals surface area contributed by atoms with Crippen LogP contribution in [-0.4, -0.2) is 53.8 Å². The summed E-state index contributed by atoms with van der Waals surface area (Å²) >= 11 is 3.28.